The number of ether oxygens (including phenoxy) is 3. The van der Waals surface area contributed by atoms with Crippen LogP contribution in [0.2, 0.25) is 0 Å². The average molecular weight is 320 g/mol. The van der Waals surface area contributed by atoms with Gasteiger partial charge in [0.25, 0.3) is 0 Å². The third-order valence-corrected chi connectivity index (χ3v) is 4.46. The Balaban J connectivity index is 1.65. The summed E-state index contributed by atoms with van der Waals surface area (Å²) in [5, 5.41) is 0. The first-order valence-corrected chi connectivity index (χ1v) is 8.13. The van der Waals surface area contributed by atoms with Crippen molar-refractivity contribution >= 4 is 5.91 Å². The van der Waals surface area contributed by atoms with E-state index in [2.05, 4.69) is 4.98 Å². The topological polar surface area (TPSA) is 60.9 Å². The van der Waals surface area contributed by atoms with Gasteiger partial charge in [-0.2, -0.15) is 0 Å². The molecule has 126 valence electrons. The van der Waals surface area contributed by atoms with Gasteiger partial charge in [-0.05, 0) is 31.9 Å². The van der Waals surface area contributed by atoms with Gasteiger partial charge in [0.05, 0.1) is 18.3 Å². The molecule has 2 saturated heterocycles. The monoisotopic (exact) mass is 320 g/mol. The van der Waals surface area contributed by atoms with Crippen molar-refractivity contribution in [3.05, 3.63) is 29.6 Å². The normalized spacial score (nSPS) is 27.0. The molecular formula is C17H24N2O4. The summed E-state index contributed by atoms with van der Waals surface area (Å²) >= 11 is 0. The molecule has 0 radical (unpaired) electrons. The Kier molecular flexibility index (Phi) is 5.25. The molecule has 0 N–H and O–H groups in total. The minimum absolute atomic E-state index is 0.00720. The minimum Gasteiger partial charge on any atom is -0.375 e. The summed E-state index contributed by atoms with van der Waals surface area (Å²) in [6.07, 6.45) is 1.78. The van der Waals surface area contributed by atoms with E-state index in [1.54, 1.807) is 7.11 Å². The molecule has 0 unspecified atom stereocenters. The van der Waals surface area contributed by atoms with Crippen molar-refractivity contribution in [1.82, 2.24) is 9.88 Å². The first kappa shape index (κ1) is 16.4. The van der Waals surface area contributed by atoms with Gasteiger partial charge in [-0.1, -0.05) is 6.07 Å². The zero-order valence-corrected chi connectivity index (χ0v) is 13.7. The zero-order valence-electron chi connectivity index (χ0n) is 13.7. The Hall–Kier alpha value is -1.50. The predicted octanol–water partition coefficient (Wildman–Crippen LogP) is 1.31. The first-order chi connectivity index (χ1) is 11.2. The van der Waals surface area contributed by atoms with Gasteiger partial charge >= 0.3 is 0 Å². The fourth-order valence-corrected chi connectivity index (χ4v) is 3.42. The fourth-order valence-electron chi connectivity index (χ4n) is 3.42. The number of carbonyl (C=O) groups excluding carboxylic acids is 1. The molecule has 23 heavy (non-hydrogen) atoms. The SMILES string of the molecule is COCC(=O)N1C[C@H](OCc2cccc(C)n2)[C@H]2OCCC[C@H]21. The first-order valence-electron chi connectivity index (χ1n) is 8.13. The molecule has 1 amide bonds. The predicted molar refractivity (Wildman–Crippen MR) is 83.9 cm³/mol. The molecule has 1 aromatic rings. The summed E-state index contributed by atoms with van der Waals surface area (Å²) in [6, 6.07) is 5.99. The largest absolute Gasteiger partial charge is 0.375 e. The van der Waals surface area contributed by atoms with E-state index >= 15 is 0 Å². The lowest BCUT2D eigenvalue weighted by molar-refractivity contribution is -0.138. The standard InChI is InChI=1S/C17H24N2O4/c1-12-5-3-6-13(18-12)10-23-15-9-19(16(20)11-21-2)14-7-4-8-22-17(14)15/h3,5-6,14-15,17H,4,7-11H2,1-2H3/t14-,15+,17+/m1/s1. The van der Waals surface area contributed by atoms with Gasteiger partial charge in [0.15, 0.2) is 0 Å². The fraction of sp³-hybridized carbons (Fsp3) is 0.647. The van der Waals surface area contributed by atoms with Crippen molar-refractivity contribution in [3.8, 4) is 0 Å². The second-order valence-electron chi connectivity index (χ2n) is 6.14. The summed E-state index contributed by atoms with van der Waals surface area (Å²) in [4.78, 5) is 18.6. The number of likely N-dealkylation sites (tertiary alicyclic amines) is 1. The highest BCUT2D eigenvalue weighted by Crippen LogP contribution is 2.31. The smallest absolute Gasteiger partial charge is 0.248 e. The third-order valence-electron chi connectivity index (χ3n) is 4.46. The molecular weight excluding hydrogens is 296 g/mol. The van der Waals surface area contributed by atoms with Crippen LogP contribution in [0.5, 0.6) is 0 Å². The summed E-state index contributed by atoms with van der Waals surface area (Å²) in [5.74, 6) is 0.00720. The van der Waals surface area contributed by atoms with E-state index in [1.807, 2.05) is 30.0 Å². The van der Waals surface area contributed by atoms with E-state index in [4.69, 9.17) is 14.2 Å². The molecule has 1 aromatic heterocycles. The number of pyridine rings is 1. The van der Waals surface area contributed by atoms with Crippen LogP contribution in [0.1, 0.15) is 24.2 Å². The number of nitrogens with zero attached hydrogens (tertiary/aromatic N) is 2. The summed E-state index contributed by atoms with van der Waals surface area (Å²) in [5.41, 5.74) is 1.88. The van der Waals surface area contributed by atoms with Crippen LogP contribution < -0.4 is 0 Å². The molecule has 6 heteroatoms. The molecule has 3 atom stereocenters. The zero-order chi connectivity index (χ0) is 16.2. The number of hydrogen-bond acceptors (Lipinski definition) is 5. The average Bonchev–Trinajstić information content (AvgIpc) is 2.92. The highest BCUT2D eigenvalue weighted by Gasteiger charge is 2.46. The molecule has 0 aliphatic carbocycles. The van der Waals surface area contributed by atoms with Crippen LogP contribution in [0.4, 0.5) is 0 Å². The lowest BCUT2D eigenvalue weighted by Gasteiger charge is -2.32. The number of fused-ring (bicyclic) bond motifs is 1. The minimum atomic E-state index is -0.108. The molecule has 2 aliphatic rings. The number of carbonyl (C=O) groups is 1. The van der Waals surface area contributed by atoms with Crippen LogP contribution >= 0.6 is 0 Å². The quantitative estimate of drug-likeness (QED) is 0.819. The summed E-state index contributed by atoms with van der Waals surface area (Å²) in [7, 11) is 1.54. The summed E-state index contributed by atoms with van der Waals surface area (Å²) < 4.78 is 16.9. The Morgan fingerprint density at radius 1 is 1.48 bits per heavy atom. The van der Waals surface area contributed by atoms with Crippen molar-refractivity contribution in [1.29, 1.82) is 0 Å². The molecule has 0 saturated carbocycles. The number of rotatable bonds is 5. The second-order valence-corrected chi connectivity index (χ2v) is 6.14. The van der Waals surface area contributed by atoms with Gasteiger partial charge < -0.3 is 19.1 Å². The molecule has 0 spiro atoms. The van der Waals surface area contributed by atoms with Gasteiger partial charge in [-0.25, -0.2) is 0 Å². The van der Waals surface area contributed by atoms with Gasteiger partial charge in [0.1, 0.15) is 18.8 Å². The van der Waals surface area contributed by atoms with Crippen molar-refractivity contribution in [3.63, 3.8) is 0 Å². The van der Waals surface area contributed by atoms with Crippen LogP contribution in [0.15, 0.2) is 18.2 Å². The van der Waals surface area contributed by atoms with Crippen molar-refractivity contribution < 1.29 is 19.0 Å². The number of amides is 1. The van der Waals surface area contributed by atoms with Crippen LogP contribution in [0, 0.1) is 6.92 Å². The van der Waals surface area contributed by atoms with E-state index in [1.165, 1.54) is 0 Å². The Morgan fingerprint density at radius 2 is 2.35 bits per heavy atom. The third kappa shape index (κ3) is 3.71. The van der Waals surface area contributed by atoms with Gasteiger partial charge in [-0.15, -0.1) is 0 Å². The summed E-state index contributed by atoms with van der Waals surface area (Å²) in [6.45, 7) is 3.80. The van der Waals surface area contributed by atoms with Gasteiger partial charge in [0.2, 0.25) is 5.91 Å². The van der Waals surface area contributed by atoms with Crippen molar-refractivity contribution in [2.75, 3.05) is 26.9 Å². The molecule has 0 aromatic carbocycles. The second kappa shape index (κ2) is 7.38. The Morgan fingerprint density at radius 3 is 3.13 bits per heavy atom. The molecule has 3 heterocycles. The molecule has 0 bridgehead atoms. The maximum atomic E-state index is 12.2. The van der Waals surface area contributed by atoms with E-state index in [0.717, 1.165) is 30.8 Å². The molecule has 6 nitrogen and oxygen atoms in total. The number of hydrogen-bond donors (Lipinski definition) is 0. The lowest BCUT2D eigenvalue weighted by Crippen LogP contribution is -2.44. The number of methoxy groups -OCH3 is 1. The van der Waals surface area contributed by atoms with Crippen molar-refractivity contribution in [2.24, 2.45) is 0 Å². The van der Waals surface area contributed by atoms with E-state index < -0.39 is 0 Å². The molecule has 3 rings (SSSR count). The van der Waals surface area contributed by atoms with Gasteiger partial charge in [0, 0.05) is 26.0 Å². The van der Waals surface area contributed by atoms with E-state index in [9.17, 15) is 4.79 Å². The Bertz CT molecular complexity index is 551. The Labute approximate surface area is 136 Å². The van der Waals surface area contributed by atoms with Gasteiger partial charge in [-0.3, -0.25) is 9.78 Å². The molecule has 2 aliphatic heterocycles. The van der Waals surface area contributed by atoms with E-state index in [0.29, 0.717) is 13.2 Å². The van der Waals surface area contributed by atoms with Crippen LogP contribution in [-0.2, 0) is 25.6 Å². The van der Waals surface area contributed by atoms with Crippen LogP contribution in [0.25, 0.3) is 0 Å². The maximum Gasteiger partial charge on any atom is 0.248 e. The number of aryl methyl sites for hydroxylation is 1. The van der Waals surface area contributed by atoms with Crippen molar-refractivity contribution in [2.45, 2.75) is 44.6 Å². The van der Waals surface area contributed by atoms with Crippen LogP contribution in [0.3, 0.4) is 0 Å². The lowest BCUT2D eigenvalue weighted by atomic mass is 10.0. The molecule has 2 fully saturated rings. The van der Waals surface area contributed by atoms with Crippen LogP contribution in [-0.4, -0.2) is 60.9 Å². The highest BCUT2D eigenvalue weighted by atomic mass is 16.5. The highest BCUT2D eigenvalue weighted by molar-refractivity contribution is 5.78. The number of aromatic nitrogens is 1. The van der Waals surface area contributed by atoms with E-state index in [-0.39, 0.29) is 30.8 Å². The maximum absolute atomic E-state index is 12.2.